The molecule has 2 aromatic rings. The van der Waals surface area contributed by atoms with E-state index in [0.29, 0.717) is 22.3 Å². The minimum absolute atomic E-state index is 0.316. The lowest BCUT2D eigenvalue weighted by Crippen LogP contribution is -2.28. The Kier molecular flexibility index (Phi) is 5.29. The summed E-state index contributed by atoms with van der Waals surface area (Å²) >= 11 is 15.1. The third-order valence-corrected chi connectivity index (χ3v) is 3.39. The van der Waals surface area contributed by atoms with Crippen molar-refractivity contribution in [3.8, 4) is 0 Å². The van der Waals surface area contributed by atoms with Crippen LogP contribution in [-0.4, -0.2) is 6.03 Å². The predicted molar refractivity (Wildman–Crippen MR) is 86.5 cm³/mol. The number of hydrogen-bond donors (Lipinski definition) is 2. The Morgan fingerprint density at radius 3 is 2.45 bits per heavy atom. The second-order valence-corrected chi connectivity index (χ2v) is 5.88. The van der Waals surface area contributed by atoms with E-state index >= 15 is 0 Å². The number of nitrogens with one attached hydrogen (secondary N) is 2. The van der Waals surface area contributed by atoms with Crippen molar-refractivity contribution in [1.29, 1.82) is 0 Å². The lowest BCUT2D eigenvalue weighted by Gasteiger charge is -2.08. The van der Waals surface area contributed by atoms with Crippen molar-refractivity contribution in [3.05, 3.63) is 62.5 Å². The molecule has 2 N–H and O–H groups in total. The average molecular weight is 374 g/mol. The van der Waals surface area contributed by atoms with Gasteiger partial charge in [0.15, 0.2) is 0 Å². The van der Waals surface area contributed by atoms with Gasteiger partial charge in [-0.05, 0) is 35.9 Å². The summed E-state index contributed by atoms with van der Waals surface area (Å²) in [6.45, 7) is 0.430. The van der Waals surface area contributed by atoms with Gasteiger partial charge < -0.3 is 10.6 Å². The molecule has 0 fully saturated rings. The Balaban J connectivity index is 1.92. The van der Waals surface area contributed by atoms with E-state index < -0.39 is 0 Å². The molecular formula is C14H11BrCl2N2O. The molecule has 0 unspecified atom stereocenters. The first kappa shape index (κ1) is 15.2. The van der Waals surface area contributed by atoms with Crippen LogP contribution in [-0.2, 0) is 6.54 Å². The molecule has 0 radical (unpaired) electrons. The first-order valence-corrected chi connectivity index (χ1v) is 7.33. The molecule has 0 saturated heterocycles. The van der Waals surface area contributed by atoms with Crippen LogP contribution in [0.15, 0.2) is 46.9 Å². The number of anilines is 1. The Bertz CT molecular complexity index is 614. The van der Waals surface area contributed by atoms with Gasteiger partial charge in [0.2, 0.25) is 0 Å². The number of benzene rings is 2. The number of urea groups is 1. The second-order valence-electron chi connectivity index (χ2n) is 4.10. The lowest BCUT2D eigenvalue weighted by molar-refractivity contribution is 0.251. The van der Waals surface area contributed by atoms with Gasteiger partial charge in [-0.25, -0.2) is 4.79 Å². The summed E-state index contributed by atoms with van der Waals surface area (Å²) in [5.41, 5.74) is 1.55. The summed E-state index contributed by atoms with van der Waals surface area (Å²) in [6, 6.07) is 12.3. The number of amides is 2. The molecule has 20 heavy (non-hydrogen) atoms. The highest BCUT2D eigenvalue weighted by atomic mass is 79.9. The van der Waals surface area contributed by atoms with Gasteiger partial charge in [0.1, 0.15) is 0 Å². The topological polar surface area (TPSA) is 41.1 Å². The molecule has 0 heterocycles. The standard InChI is InChI=1S/C14H11BrCl2N2O/c15-10-3-1-2-9(4-10)8-18-14(20)19-13-6-11(16)5-12(17)7-13/h1-7H,8H2,(H2,18,19,20). The van der Waals surface area contributed by atoms with Gasteiger partial charge in [-0.15, -0.1) is 0 Å². The maximum Gasteiger partial charge on any atom is 0.319 e. The van der Waals surface area contributed by atoms with Crippen molar-refractivity contribution < 1.29 is 4.79 Å². The zero-order chi connectivity index (χ0) is 14.5. The SMILES string of the molecule is O=C(NCc1cccc(Br)c1)Nc1cc(Cl)cc(Cl)c1. The first-order valence-electron chi connectivity index (χ1n) is 5.78. The van der Waals surface area contributed by atoms with Gasteiger partial charge in [0.05, 0.1) is 0 Å². The van der Waals surface area contributed by atoms with Gasteiger partial charge in [0.25, 0.3) is 0 Å². The minimum atomic E-state index is -0.316. The smallest absolute Gasteiger partial charge is 0.319 e. The largest absolute Gasteiger partial charge is 0.334 e. The quantitative estimate of drug-likeness (QED) is 0.773. The van der Waals surface area contributed by atoms with Crippen LogP contribution in [0, 0.1) is 0 Å². The molecule has 0 saturated carbocycles. The molecule has 0 aliphatic rings. The highest BCUT2D eigenvalue weighted by molar-refractivity contribution is 9.10. The van der Waals surface area contributed by atoms with Crippen molar-refractivity contribution in [2.75, 3.05) is 5.32 Å². The first-order chi connectivity index (χ1) is 9.52. The zero-order valence-electron chi connectivity index (χ0n) is 10.3. The van der Waals surface area contributed by atoms with Crippen LogP contribution in [0.1, 0.15) is 5.56 Å². The molecule has 6 heteroatoms. The molecular weight excluding hydrogens is 363 g/mol. The van der Waals surface area contributed by atoms with Gasteiger partial charge >= 0.3 is 6.03 Å². The Labute approximate surface area is 135 Å². The maximum atomic E-state index is 11.8. The normalized spacial score (nSPS) is 10.2. The molecule has 0 aromatic heterocycles. The zero-order valence-corrected chi connectivity index (χ0v) is 13.4. The number of halogens is 3. The summed E-state index contributed by atoms with van der Waals surface area (Å²) in [5, 5.41) is 6.38. The lowest BCUT2D eigenvalue weighted by atomic mass is 10.2. The van der Waals surface area contributed by atoms with Crippen LogP contribution >= 0.6 is 39.1 Å². The number of carbonyl (C=O) groups is 1. The highest BCUT2D eigenvalue weighted by Crippen LogP contribution is 2.22. The molecule has 0 aliphatic heterocycles. The highest BCUT2D eigenvalue weighted by Gasteiger charge is 2.04. The predicted octanol–water partition coefficient (Wildman–Crippen LogP) is 5.08. The van der Waals surface area contributed by atoms with E-state index in [-0.39, 0.29) is 6.03 Å². The van der Waals surface area contributed by atoms with E-state index in [0.717, 1.165) is 10.0 Å². The number of carbonyl (C=O) groups excluding carboxylic acids is 1. The summed E-state index contributed by atoms with van der Waals surface area (Å²) < 4.78 is 0.971. The van der Waals surface area contributed by atoms with Crippen molar-refractivity contribution in [3.63, 3.8) is 0 Å². The van der Waals surface area contributed by atoms with Gasteiger partial charge in [-0.2, -0.15) is 0 Å². The maximum absolute atomic E-state index is 11.8. The minimum Gasteiger partial charge on any atom is -0.334 e. The van der Waals surface area contributed by atoms with Crippen molar-refractivity contribution in [1.82, 2.24) is 5.32 Å². The van der Waals surface area contributed by atoms with E-state index in [1.165, 1.54) is 0 Å². The van der Waals surface area contributed by atoms with E-state index in [4.69, 9.17) is 23.2 Å². The van der Waals surface area contributed by atoms with E-state index in [2.05, 4.69) is 26.6 Å². The summed E-state index contributed by atoms with van der Waals surface area (Å²) in [4.78, 5) is 11.8. The molecule has 3 nitrogen and oxygen atoms in total. The van der Waals surface area contributed by atoms with E-state index in [1.807, 2.05) is 24.3 Å². The van der Waals surface area contributed by atoms with E-state index in [1.54, 1.807) is 18.2 Å². The van der Waals surface area contributed by atoms with Crippen LogP contribution in [0.3, 0.4) is 0 Å². The molecule has 2 amide bonds. The van der Waals surface area contributed by atoms with Gasteiger partial charge in [-0.1, -0.05) is 51.3 Å². The van der Waals surface area contributed by atoms with Crippen molar-refractivity contribution in [2.24, 2.45) is 0 Å². The van der Waals surface area contributed by atoms with Crippen LogP contribution < -0.4 is 10.6 Å². The summed E-state index contributed by atoms with van der Waals surface area (Å²) in [5.74, 6) is 0. The number of hydrogen-bond acceptors (Lipinski definition) is 1. The Morgan fingerprint density at radius 2 is 1.80 bits per heavy atom. The van der Waals surface area contributed by atoms with E-state index in [9.17, 15) is 4.79 Å². The molecule has 2 rings (SSSR count). The van der Waals surface area contributed by atoms with Crippen LogP contribution in [0.25, 0.3) is 0 Å². The molecule has 104 valence electrons. The third-order valence-electron chi connectivity index (χ3n) is 2.46. The monoisotopic (exact) mass is 372 g/mol. The Morgan fingerprint density at radius 1 is 1.10 bits per heavy atom. The molecule has 0 bridgehead atoms. The second kappa shape index (κ2) is 6.97. The van der Waals surface area contributed by atoms with Crippen LogP contribution in [0.5, 0.6) is 0 Å². The molecule has 2 aromatic carbocycles. The molecule has 0 spiro atoms. The fourth-order valence-corrected chi connectivity index (χ4v) is 2.60. The average Bonchev–Trinajstić information content (AvgIpc) is 2.35. The van der Waals surface area contributed by atoms with Crippen LogP contribution in [0.4, 0.5) is 10.5 Å². The number of rotatable bonds is 3. The van der Waals surface area contributed by atoms with Gasteiger partial charge in [0, 0.05) is 26.8 Å². The third kappa shape index (κ3) is 4.71. The summed E-state index contributed by atoms with van der Waals surface area (Å²) in [6.07, 6.45) is 0. The van der Waals surface area contributed by atoms with Crippen LogP contribution in [0.2, 0.25) is 10.0 Å². The molecule has 0 aliphatic carbocycles. The molecule has 0 atom stereocenters. The fraction of sp³-hybridized carbons (Fsp3) is 0.0714. The van der Waals surface area contributed by atoms with Crippen molar-refractivity contribution in [2.45, 2.75) is 6.54 Å². The van der Waals surface area contributed by atoms with Gasteiger partial charge in [-0.3, -0.25) is 0 Å². The summed E-state index contributed by atoms with van der Waals surface area (Å²) in [7, 11) is 0. The Hall–Kier alpha value is -1.23. The van der Waals surface area contributed by atoms with Crippen molar-refractivity contribution >= 4 is 50.9 Å². The fourth-order valence-electron chi connectivity index (χ4n) is 1.63.